The number of hydrogen-bond donors (Lipinski definition) is 2. The number of carbonyl (C=O) groups excluding carboxylic acids is 1. The van der Waals surface area contributed by atoms with E-state index in [9.17, 15) is 4.79 Å². The number of nitrogens with one attached hydrogen (secondary N) is 1. The molecule has 0 saturated heterocycles. The Morgan fingerprint density at radius 2 is 1.50 bits per heavy atom. The number of fused-ring (bicyclic) bond motifs is 1. The van der Waals surface area contributed by atoms with E-state index in [1.54, 1.807) is 19.2 Å². The highest BCUT2D eigenvalue weighted by Gasteiger charge is 2.11. The van der Waals surface area contributed by atoms with Gasteiger partial charge in [0.1, 0.15) is 12.0 Å². The summed E-state index contributed by atoms with van der Waals surface area (Å²) in [5, 5.41) is 7.85. The first kappa shape index (κ1) is 24.2. The third-order valence-electron chi connectivity index (χ3n) is 4.97. The Bertz CT molecular complexity index is 1260. The van der Waals surface area contributed by atoms with Crippen molar-refractivity contribution in [3.05, 3.63) is 108 Å². The second-order valence-electron chi connectivity index (χ2n) is 7.25. The van der Waals surface area contributed by atoms with Gasteiger partial charge in [0.2, 0.25) is 0 Å². The largest absolute Gasteiger partial charge is 0.497 e. The van der Waals surface area contributed by atoms with Crippen molar-refractivity contribution in [2.24, 2.45) is 0 Å². The van der Waals surface area contributed by atoms with Gasteiger partial charge in [0.15, 0.2) is 5.82 Å². The Hall–Kier alpha value is -4.45. The number of carbonyl (C=O) groups is 1. The molecule has 0 bridgehead atoms. The predicted octanol–water partition coefficient (Wildman–Crippen LogP) is 5.96. The van der Waals surface area contributed by atoms with Gasteiger partial charge < -0.3 is 10.5 Å². The quantitative estimate of drug-likeness (QED) is 0.328. The molecule has 0 aliphatic rings. The van der Waals surface area contributed by atoms with Gasteiger partial charge in [-0.25, -0.2) is 0 Å². The predicted molar refractivity (Wildman–Crippen MR) is 138 cm³/mol. The average molecular weight is 453 g/mol. The van der Waals surface area contributed by atoms with Gasteiger partial charge in [0.25, 0.3) is 0 Å². The van der Waals surface area contributed by atoms with Crippen molar-refractivity contribution in [1.29, 1.82) is 0 Å². The van der Waals surface area contributed by atoms with E-state index in [2.05, 4.69) is 15.2 Å². The number of aromatic amines is 1. The maximum atomic E-state index is 10.7. The molecule has 5 aromatic rings. The number of ether oxygens (including phenoxy) is 1. The van der Waals surface area contributed by atoms with E-state index in [0.29, 0.717) is 11.4 Å². The fourth-order valence-electron chi connectivity index (χ4n) is 3.23. The van der Waals surface area contributed by atoms with Gasteiger partial charge in [0.05, 0.1) is 29.4 Å². The molecule has 6 nitrogen and oxygen atoms in total. The first-order valence-electron chi connectivity index (χ1n) is 10.9. The zero-order valence-electron chi connectivity index (χ0n) is 19.3. The number of anilines is 1. The van der Waals surface area contributed by atoms with E-state index in [-0.39, 0.29) is 0 Å². The maximum Gasteiger partial charge on any atom is 0.154 e. The molecule has 3 aromatic carbocycles. The minimum absolute atomic E-state index is 0.479. The van der Waals surface area contributed by atoms with E-state index in [0.717, 1.165) is 46.3 Å². The fraction of sp³-hybridized carbons (Fsp3) is 0.107. The van der Waals surface area contributed by atoms with Gasteiger partial charge in [-0.1, -0.05) is 85.8 Å². The number of rotatable bonds is 4. The summed E-state index contributed by atoms with van der Waals surface area (Å²) in [5.74, 6) is 1.39. The summed E-state index contributed by atoms with van der Waals surface area (Å²) in [5.41, 5.74) is 10.1. The summed E-state index contributed by atoms with van der Waals surface area (Å²) in [6, 6.07) is 30.9. The third-order valence-corrected chi connectivity index (χ3v) is 4.97. The van der Waals surface area contributed by atoms with Crippen LogP contribution in [0.1, 0.15) is 23.0 Å². The number of pyridine rings is 1. The highest BCUT2D eigenvalue weighted by atomic mass is 16.5. The van der Waals surface area contributed by atoms with Crippen molar-refractivity contribution in [2.75, 3.05) is 12.8 Å². The Kier molecular flexibility index (Phi) is 8.93. The number of hydrogen-bond acceptors (Lipinski definition) is 5. The Labute approximate surface area is 199 Å². The van der Waals surface area contributed by atoms with Gasteiger partial charge >= 0.3 is 0 Å². The van der Waals surface area contributed by atoms with Crippen LogP contribution < -0.4 is 10.5 Å². The molecule has 0 spiro atoms. The van der Waals surface area contributed by atoms with Gasteiger partial charge in [-0.15, -0.1) is 0 Å². The van der Waals surface area contributed by atoms with Crippen molar-refractivity contribution in [2.45, 2.75) is 13.3 Å². The number of H-pyrrole nitrogens is 1. The monoisotopic (exact) mass is 452 g/mol. The summed E-state index contributed by atoms with van der Waals surface area (Å²) < 4.78 is 4.91. The molecule has 2 heterocycles. The molecular weight excluding hydrogens is 424 g/mol. The molecule has 0 atom stereocenters. The zero-order chi connectivity index (χ0) is 24.2. The van der Waals surface area contributed by atoms with Crippen LogP contribution in [0.4, 0.5) is 5.82 Å². The lowest BCUT2D eigenvalue weighted by molar-refractivity contribution is 0.112. The highest BCUT2D eigenvalue weighted by Crippen LogP contribution is 2.27. The number of benzene rings is 3. The lowest BCUT2D eigenvalue weighted by Crippen LogP contribution is -1.94. The molecule has 34 heavy (non-hydrogen) atoms. The lowest BCUT2D eigenvalue weighted by atomic mass is 10.1. The zero-order valence-corrected chi connectivity index (χ0v) is 19.3. The minimum Gasteiger partial charge on any atom is -0.497 e. The summed E-state index contributed by atoms with van der Waals surface area (Å²) in [7, 11) is 1.66. The van der Waals surface area contributed by atoms with E-state index < -0.39 is 0 Å². The molecular formula is C28H28N4O2. The van der Waals surface area contributed by atoms with Crippen LogP contribution in [0.15, 0.2) is 97.1 Å². The van der Waals surface area contributed by atoms with Crippen molar-refractivity contribution in [3.8, 4) is 17.0 Å². The Morgan fingerprint density at radius 3 is 2.00 bits per heavy atom. The number of aldehydes is 1. The second-order valence-corrected chi connectivity index (χ2v) is 7.25. The first-order valence-corrected chi connectivity index (χ1v) is 10.9. The maximum absolute atomic E-state index is 10.7. The van der Waals surface area contributed by atoms with Crippen LogP contribution >= 0.6 is 0 Å². The molecule has 5 rings (SSSR count). The second kappa shape index (κ2) is 12.6. The highest BCUT2D eigenvalue weighted by molar-refractivity contribution is 5.93. The fourth-order valence-corrected chi connectivity index (χ4v) is 3.23. The Morgan fingerprint density at radius 1 is 0.912 bits per heavy atom. The van der Waals surface area contributed by atoms with E-state index in [4.69, 9.17) is 10.5 Å². The number of nitrogens with two attached hydrogens (primary N) is 1. The van der Waals surface area contributed by atoms with Crippen molar-refractivity contribution >= 4 is 23.0 Å². The molecule has 0 saturated carbocycles. The SMILES string of the molecule is CCc1nc(-c2ccc(C=O)cc2)cc2[nH]nc(N)c12.COc1ccccc1.c1ccccc1. The van der Waals surface area contributed by atoms with Crippen LogP contribution in [0.2, 0.25) is 0 Å². The molecule has 0 radical (unpaired) electrons. The van der Waals surface area contributed by atoms with Crippen molar-refractivity contribution in [3.63, 3.8) is 0 Å². The number of aromatic nitrogens is 3. The minimum atomic E-state index is 0.479. The van der Waals surface area contributed by atoms with Gasteiger partial charge in [0, 0.05) is 11.1 Å². The van der Waals surface area contributed by atoms with Crippen LogP contribution in [0.25, 0.3) is 22.2 Å². The van der Waals surface area contributed by atoms with E-state index >= 15 is 0 Å². The number of methoxy groups -OCH3 is 1. The molecule has 2 aromatic heterocycles. The number of nitrogens with zero attached hydrogens (tertiary/aromatic N) is 2. The molecule has 0 unspecified atom stereocenters. The van der Waals surface area contributed by atoms with Gasteiger partial charge in [-0.2, -0.15) is 5.10 Å². The third kappa shape index (κ3) is 6.53. The van der Waals surface area contributed by atoms with Crippen LogP contribution in [-0.4, -0.2) is 28.6 Å². The summed E-state index contributed by atoms with van der Waals surface area (Å²) in [6.07, 6.45) is 1.61. The number of para-hydroxylation sites is 1. The lowest BCUT2D eigenvalue weighted by Gasteiger charge is -2.06. The van der Waals surface area contributed by atoms with Crippen LogP contribution in [0.3, 0.4) is 0 Å². The average Bonchev–Trinajstić information content (AvgIpc) is 3.31. The summed E-state index contributed by atoms with van der Waals surface area (Å²) in [4.78, 5) is 15.3. The molecule has 172 valence electrons. The summed E-state index contributed by atoms with van der Waals surface area (Å²) in [6.45, 7) is 2.04. The topological polar surface area (TPSA) is 93.9 Å². The molecule has 3 N–H and O–H groups in total. The number of aryl methyl sites for hydroxylation is 1. The smallest absolute Gasteiger partial charge is 0.154 e. The van der Waals surface area contributed by atoms with Gasteiger partial charge in [-0.3, -0.25) is 14.9 Å². The molecule has 0 amide bonds. The molecule has 0 fully saturated rings. The number of nitrogen functional groups attached to an aromatic ring is 1. The molecule has 0 aliphatic carbocycles. The van der Waals surface area contributed by atoms with Crippen molar-refractivity contribution < 1.29 is 9.53 Å². The van der Waals surface area contributed by atoms with E-state index in [1.165, 1.54) is 0 Å². The standard InChI is InChI=1S/C15H14N4O.C7H8O.C6H6/c1-2-11-14-13(18-19-15(14)16)7-12(17-11)10-5-3-9(8-20)4-6-10;1-8-7-5-3-2-4-6-7;1-2-4-6-5-3-1/h3-8H,2H2,1H3,(H3,16,18,19);2-6H,1H3;1-6H. The van der Waals surface area contributed by atoms with Gasteiger partial charge in [-0.05, 0) is 24.6 Å². The normalized spacial score (nSPS) is 9.82. The first-order chi connectivity index (χ1) is 16.7. The van der Waals surface area contributed by atoms with Crippen LogP contribution in [-0.2, 0) is 6.42 Å². The van der Waals surface area contributed by atoms with Crippen LogP contribution in [0.5, 0.6) is 5.75 Å². The van der Waals surface area contributed by atoms with E-state index in [1.807, 2.05) is 91.9 Å². The molecule has 0 aliphatic heterocycles. The van der Waals surface area contributed by atoms with Crippen LogP contribution in [0, 0.1) is 0 Å². The Balaban J connectivity index is 0.000000188. The van der Waals surface area contributed by atoms with Crippen molar-refractivity contribution in [1.82, 2.24) is 15.2 Å². The molecule has 6 heteroatoms. The summed E-state index contributed by atoms with van der Waals surface area (Å²) >= 11 is 0.